The fourth-order valence-electron chi connectivity index (χ4n) is 7.50. The molecule has 52 heavy (non-hydrogen) atoms. The number of hydrogen-bond donors (Lipinski definition) is 0. The third-order valence-electron chi connectivity index (χ3n) is 10.1. The Labute approximate surface area is 308 Å². The van der Waals surface area contributed by atoms with Crippen molar-refractivity contribution in [1.82, 2.24) is 0 Å². The number of benzene rings is 7. The van der Waals surface area contributed by atoms with Crippen LogP contribution in [0.15, 0.2) is 146 Å². The largest absolute Gasteiger partial charge is 0.422 e. The number of hydrogen-bond acceptors (Lipinski definition) is 3. The van der Waals surface area contributed by atoms with Crippen LogP contribution >= 0.6 is 0 Å². The standard InChI is InChI=1S/C49H45NO2/c1-7-44-34(5)29-45(32(2)3)48(35(44)6)40-23-27-47(46(31-40)39-17-13-14-33(4)28-39)52-49(51)37-21-24-42(25-22-37)50(41-18-9-8-10-19-41)43-26-20-36-15-11-12-16-38(36)30-43/h8-32H,7H2,1-6H3. The second kappa shape index (κ2) is 14.7. The van der Waals surface area contributed by atoms with E-state index in [0.717, 1.165) is 45.7 Å². The average Bonchev–Trinajstić information content (AvgIpc) is 3.16. The molecule has 0 radical (unpaired) electrons. The summed E-state index contributed by atoms with van der Waals surface area (Å²) in [5.41, 5.74) is 14.3. The molecule has 0 saturated carbocycles. The topological polar surface area (TPSA) is 29.5 Å². The second-order valence-electron chi connectivity index (χ2n) is 14.0. The molecule has 0 heterocycles. The van der Waals surface area contributed by atoms with Crippen molar-refractivity contribution in [1.29, 1.82) is 0 Å². The summed E-state index contributed by atoms with van der Waals surface area (Å²) in [5, 5.41) is 2.36. The Morgan fingerprint density at radius 2 is 1.33 bits per heavy atom. The summed E-state index contributed by atoms with van der Waals surface area (Å²) in [4.78, 5) is 16.1. The van der Waals surface area contributed by atoms with E-state index < -0.39 is 5.97 Å². The Balaban J connectivity index is 1.25. The number of anilines is 3. The number of carbonyl (C=O) groups excluding carboxylic acids is 1. The van der Waals surface area contributed by atoms with Crippen molar-refractivity contribution in [3.63, 3.8) is 0 Å². The summed E-state index contributed by atoms with van der Waals surface area (Å²) >= 11 is 0. The Morgan fingerprint density at radius 3 is 2.04 bits per heavy atom. The number of nitrogens with zero attached hydrogens (tertiary/aromatic N) is 1. The number of para-hydroxylation sites is 1. The molecule has 0 saturated heterocycles. The summed E-state index contributed by atoms with van der Waals surface area (Å²) in [6.45, 7) is 13.3. The zero-order valence-electron chi connectivity index (χ0n) is 30.9. The minimum Gasteiger partial charge on any atom is -0.422 e. The highest BCUT2D eigenvalue weighted by atomic mass is 16.5. The lowest BCUT2D eigenvalue weighted by Crippen LogP contribution is -2.12. The summed E-state index contributed by atoms with van der Waals surface area (Å²) in [6.07, 6.45) is 0.980. The molecular formula is C49H45NO2. The van der Waals surface area contributed by atoms with Crippen LogP contribution in [0.25, 0.3) is 33.0 Å². The number of ether oxygens (including phenoxy) is 1. The molecule has 3 nitrogen and oxygen atoms in total. The van der Waals surface area contributed by atoms with E-state index in [2.05, 4.69) is 144 Å². The third-order valence-corrected chi connectivity index (χ3v) is 10.1. The Bertz CT molecular complexity index is 2390. The highest BCUT2D eigenvalue weighted by molar-refractivity contribution is 5.94. The minimum absolute atomic E-state index is 0.361. The first-order valence-electron chi connectivity index (χ1n) is 18.2. The lowest BCUT2D eigenvalue weighted by Gasteiger charge is -2.26. The molecule has 0 aromatic heterocycles. The molecule has 3 heteroatoms. The molecule has 0 aliphatic rings. The Morgan fingerprint density at radius 1 is 0.635 bits per heavy atom. The molecule has 0 aliphatic carbocycles. The Kier molecular flexibility index (Phi) is 9.78. The van der Waals surface area contributed by atoms with Gasteiger partial charge in [-0.25, -0.2) is 4.79 Å². The molecule has 0 atom stereocenters. The second-order valence-corrected chi connectivity index (χ2v) is 14.0. The molecule has 258 valence electrons. The van der Waals surface area contributed by atoms with Crippen molar-refractivity contribution in [3.05, 3.63) is 179 Å². The maximum Gasteiger partial charge on any atom is 0.343 e. The van der Waals surface area contributed by atoms with Gasteiger partial charge in [-0.1, -0.05) is 111 Å². The predicted octanol–water partition coefficient (Wildman–Crippen LogP) is 13.5. The number of esters is 1. The molecule has 0 spiro atoms. The maximum absolute atomic E-state index is 13.9. The van der Waals surface area contributed by atoms with Gasteiger partial charge >= 0.3 is 5.97 Å². The lowest BCUT2D eigenvalue weighted by atomic mass is 9.83. The molecular weight excluding hydrogens is 635 g/mol. The SMILES string of the molecule is CCc1c(C)cc(C(C)C)c(-c2ccc(OC(=O)c3ccc(N(c4ccccc4)c4ccc5ccccc5c4)cc3)c(-c3cccc(C)c3)c2)c1C. The van der Waals surface area contributed by atoms with Gasteiger partial charge in [0.05, 0.1) is 5.56 Å². The van der Waals surface area contributed by atoms with Gasteiger partial charge in [-0.05, 0) is 143 Å². The molecule has 0 unspecified atom stereocenters. The van der Waals surface area contributed by atoms with Crippen LogP contribution in [-0.4, -0.2) is 5.97 Å². The van der Waals surface area contributed by atoms with E-state index >= 15 is 0 Å². The molecule has 7 aromatic carbocycles. The summed E-state index contributed by atoms with van der Waals surface area (Å²) in [7, 11) is 0. The van der Waals surface area contributed by atoms with Gasteiger partial charge in [0.2, 0.25) is 0 Å². The fraction of sp³-hybridized carbons (Fsp3) is 0.163. The molecule has 7 rings (SSSR count). The summed E-state index contributed by atoms with van der Waals surface area (Å²) < 4.78 is 6.25. The van der Waals surface area contributed by atoms with Crippen LogP contribution in [0.3, 0.4) is 0 Å². The zero-order valence-corrected chi connectivity index (χ0v) is 30.9. The van der Waals surface area contributed by atoms with Crippen molar-refractivity contribution in [2.75, 3.05) is 4.90 Å². The normalized spacial score (nSPS) is 11.2. The third kappa shape index (κ3) is 6.87. The molecule has 0 fully saturated rings. The van der Waals surface area contributed by atoms with Crippen molar-refractivity contribution >= 4 is 33.8 Å². The first kappa shape index (κ1) is 34.5. The van der Waals surface area contributed by atoms with Gasteiger partial charge in [-0.2, -0.15) is 0 Å². The summed E-state index contributed by atoms with van der Waals surface area (Å²) in [5.74, 6) is 0.505. The first-order valence-corrected chi connectivity index (χ1v) is 18.2. The van der Waals surface area contributed by atoms with E-state index in [1.807, 2.05) is 48.5 Å². The Hall–Kier alpha value is -5.93. The number of aryl methyl sites for hydroxylation is 2. The van der Waals surface area contributed by atoms with E-state index in [1.165, 1.54) is 38.6 Å². The highest BCUT2D eigenvalue weighted by Gasteiger charge is 2.20. The van der Waals surface area contributed by atoms with Crippen molar-refractivity contribution in [2.45, 2.75) is 53.9 Å². The van der Waals surface area contributed by atoms with Crippen molar-refractivity contribution in [2.24, 2.45) is 0 Å². The smallest absolute Gasteiger partial charge is 0.343 e. The minimum atomic E-state index is -0.396. The highest BCUT2D eigenvalue weighted by Crippen LogP contribution is 2.41. The van der Waals surface area contributed by atoms with Gasteiger partial charge in [-0.3, -0.25) is 0 Å². The monoisotopic (exact) mass is 679 g/mol. The molecule has 0 aliphatic heterocycles. The van der Waals surface area contributed by atoms with Crippen LogP contribution in [0.4, 0.5) is 17.1 Å². The van der Waals surface area contributed by atoms with Crippen LogP contribution in [0, 0.1) is 20.8 Å². The molecule has 7 aromatic rings. The van der Waals surface area contributed by atoms with Gasteiger partial charge in [0.25, 0.3) is 0 Å². The first-order chi connectivity index (χ1) is 25.2. The van der Waals surface area contributed by atoms with Crippen LogP contribution in [-0.2, 0) is 6.42 Å². The maximum atomic E-state index is 13.9. The van der Waals surface area contributed by atoms with Crippen LogP contribution in [0.2, 0.25) is 0 Å². The van der Waals surface area contributed by atoms with E-state index in [9.17, 15) is 4.79 Å². The van der Waals surface area contributed by atoms with E-state index in [-0.39, 0.29) is 0 Å². The predicted molar refractivity (Wildman–Crippen MR) is 219 cm³/mol. The van der Waals surface area contributed by atoms with Gasteiger partial charge < -0.3 is 9.64 Å². The summed E-state index contributed by atoms with van der Waals surface area (Å²) in [6, 6.07) is 49.9. The van der Waals surface area contributed by atoms with Crippen LogP contribution < -0.4 is 9.64 Å². The number of fused-ring (bicyclic) bond motifs is 1. The van der Waals surface area contributed by atoms with Gasteiger partial charge in [0, 0.05) is 22.6 Å². The van der Waals surface area contributed by atoms with Gasteiger partial charge in [0.15, 0.2) is 0 Å². The van der Waals surface area contributed by atoms with E-state index in [0.29, 0.717) is 17.2 Å². The van der Waals surface area contributed by atoms with E-state index in [4.69, 9.17) is 4.74 Å². The number of carbonyl (C=O) groups is 1. The fourth-order valence-corrected chi connectivity index (χ4v) is 7.50. The zero-order chi connectivity index (χ0) is 36.4. The van der Waals surface area contributed by atoms with Crippen LogP contribution in [0.5, 0.6) is 5.75 Å². The molecule has 0 N–H and O–H groups in total. The molecule has 0 bridgehead atoms. The lowest BCUT2D eigenvalue weighted by molar-refractivity contribution is 0.0735. The van der Waals surface area contributed by atoms with Crippen molar-refractivity contribution < 1.29 is 9.53 Å². The van der Waals surface area contributed by atoms with Crippen molar-refractivity contribution in [3.8, 4) is 28.0 Å². The van der Waals surface area contributed by atoms with Gasteiger partial charge in [-0.15, -0.1) is 0 Å². The quantitative estimate of drug-likeness (QED) is 0.112. The average molecular weight is 680 g/mol. The van der Waals surface area contributed by atoms with Gasteiger partial charge in [0.1, 0.15) is 5.75 Å². The molecule has 0 amide bonds. The number of rotatable bonds is 9. The van der Waals surface area contributed by atoms with E-state index in [1.54, 1.807) is 0 Å². The van der Waals surface area contributed by atoms with Crippen LogP contribution in [0.1, 0.15) is 64.9 Å².